The molecule has 2 aromatic rings. The van der Waals surface area contributed by atoms with Crippen molar-refractivity contribution < 1.29 is 14.3 Å². The van der Waals surface area contributed by atoms with Gasteiger partial charge in [-0.1, -0.05) is 23.7 Å². The molecule has 2 aromatic carbocycles. The number of benzene rings is 2. The zero-order valence-corrected chi connectivity index (χ0v) is 16.5. The van der Waals surface area contributed by atoms with Crippen LogP contribution >= 0.6 is 11.6 Å². The summed E-state index contributed by atoms with van der Waals surface area (Å²) in [5.74, 6) is -0.273. The van der Waals surface area contributed by atoms with E-state index in [1.54, 1.807) is 30.2 Å². The van der Waals surface area contributed by atoms with Crippen LogP contribution in [-0.2, 0) is 11.3 Å². The Balaban J connectivity index is 1.38. The van der Waals surface area contributed by atoms with E-state index < -0.39 is 11.7 Å². The maximum absolute atomic E-state index is 12.5. The van der Waals surface area contributed by atoms with Crippen molar-refractivity contribution in [3.63, 3.8) is 0 Å². The fourth-order valence-electron chi connectivity index (χ4n) is 3.68. The van der Waals surface area contributed by atoms with Crippen molar-refractivity contribution in [2.75, 3.05) is 44.9 Å². The lowest BCUT2D eigenvalue weighted by Crippen LogP contribution is -2.50. The molecule has 2 aliphatic heterocycles. The number of Topliss-reactive ketones (excluding diaryl/α,β-unsaturated/α-hetero) is 1. The maximum Gasteiger partial charge on any atom is 0.300 e. The SMILES string of the molecule is COc1ccc2c(c1)N(CN1CCN(Cc3ccc(Cl)cc3)CC1)C(=O)C2=O. The van der Waals surface area contributed by atoms with Crippen LogP contribution in [0, 0.1) is 0 Å². The summed E-state index contributed by atoms with van der Waals surface area (Å²) >= 11 is 5.95. The lowest BCUT2D eigenvalue weighted by atomic mass is 10.1. The van der Waals surface area contributed by atoms with Gasteiger partial charge in [-0.05, 0) is 29.8 Å². The van der Waals surface area contributed by atoms with Gasteiger partial charge < -0.3 is 4.74 Å². The van der Waals surface area contributed by atoms with Crippen molar-refractivity contribution in [1.82, 2.24) is 9.80 Å². The fraction of sp³-hybridized carbons (Fsp3) is 0.333. The highest BCUT2D eigenvalue weighted by Gasteiger charge is 2.37. The zero-order chi connectivity index (χ0) is 19.7. The molecule has 0 unspecified atom stereocenters. The first kappa shape index (κ1) is 18.9. The lowest BCUT2D eigenvalue weighted by Gasteiger charge is -2.36. The quantitative estimate of drug-likeness (QED) is 0.723. The number of methoxy groups -OCH3 is 1. The number of hydrogen-bond acceptors (Lipinski definition) is 5. The molecule has 0 spiro atoms. The zero-order valence-electron chi connectivity index (χ0n) is 15.7. The predicted molar refractivity (Wildman–Crippen MR) is 108 cm³/mol. The number of carbonyl (C=O) groups excluding carboxylic acids is 2. The molecule has 0 saturated carbocycles. The lowest BCUT2D eigenvalue weighted by molar-refractivity contribution is -0.114. The molecule has 2 aliphatic rings. The molecule has 2 heterocycles. The molecule has 1 amide bonds. The van der Waals surface area contributed by atoms with Crippen LogP contribution in [0.15, 0.2) is 42.5 Å². The van der Waals surface area contributed by atoms with Crippen molar-refractivity contribution in [3.05, 3.63) is 58.6 Å². The monoisotopic (exact) mass is 399 g/mol. The number of fused-ring (bicyclic) bond motifs is 1. The molecule has 7 heteroatoms. The van der Waals surface area contributed by atoms with Gasteiger partial charge in [0.2, 0.25) is 0 Å². The topological polar surface area (TPSA) is 53.1 Å². The summed E-state index contributed by atoms with van der Waals surface area (Å²) in [5.41, 5.74) is 2.32. The van der Waals surface area contributed by atoms with Crippen LogP contribution in [-0.4, -0.2) is 61.4 Å². The van der Waals surface area contributed by atoms with Gasteiger partial charge in [-0.2, -0.15) is 0 Å². The van der Waals surface area contributed by atoms with Crippen LogP contribution in [0.3, 0.4) is 0 Å². The average molecular weight is 400 g/mol. The molecule has 1 fully saturated rings. The molecule has 0 bridgehead atoms. The Morgan fingerprint density at radius 3 is 2.32 bits per heavy atom. The second kappa shape index (κ2) is 7.91. The normalized spacial score (nSPS) is 17.9. The molecule has 0 N–H and O–H groups in total. The Bertz CT molecular complexity index is 892. The van der Waals surface area contributed by atoms with Crippen LogP contribution < -0.4 is 9.64 Å². The standard InChI is InChI=1S/C21H22ClN3O3/c1-28-17-6-7-18-19(12-17)25(21(27)20(18)26)14-24-10-8-23(9-11-24)13-15-2-4-16(22)5-3-15/h2-7,12H,8-11,13-14H2,1H3. The highest BCUT2D eigenvalue weighted by atomic mass is 35.5. The third kappa shape index (κ3) is 3.76. The Kier molecular flexibility index (Phi) is 5.35. The minimum atomic E-state index is -0.466. The molecule has 1 saturated heterocycles. The second-order valence-corrected chi connectivity index (χ2v) is 7.54. The summed E-state index contributed by atoms with van der Waals surface area (Å²) in [4.78, 5) is 30.9. The van der Waals surface area contributed by atoms with Gasteiger partial charge in [0, 0.05) is 43.8 Å². The Hall–Kier alpha value is -2.41. The highest BCUT2D eigenvalue weighted by molar-refractivity contribution is 6.52. The number of anilines is 1. The van der Waals surface area contributed by atoms with E-state index >= 15 is 0 Å². The molecule has 0 aliphatic carbocycles. The Labute approximate surface area is 169 Å². The van der Waals surface area contributed by atoms with Crippen LogP contribution in [0.1, 0.15) is 15.9 Å². The van der Waals surface area contributed by atoms with Gasteiger partial charge in [0.1, 0.15) is 5.75 Å². The Morgan fingerprint density at radius 1 is 0.964 bits per heavy atom. The van der Waals surface area contributed by atoms with Crippen molar-refractivity contribution in [2.24, 2.45) is 0 Å². The summed E-state index contributed by atoms with van der Waals surface area (Å²) in [6, 6.07) is 13.1. The highest BCUT2D eigenvalue weighted by Crippen LogP contribution is 2.32. The number of ether oxygens (including phenoxy) is 1. The number of amides is 1. The van der Waals surface area contributed by atoms with E-state index in [2.05, 4.69) is 9.80 Å². The van der Waals surface area contributed by atoms with Gasteiger partial charge in [-0.3, -0.25) is 24.3 Å². The van der Waals surface area contributed by atoms with Gasteiger partial charge >= 0.3 is 5.91 Å². The van der Waals surface area contributed by atoms with Crippen molar-refractivity contribution in [2.45, 2.75) is 6.54 Å². The summed E-state index contributed by atoms with van der Waals surface area (Å²) in [6.07, 6.45) is 0. The minimum Gasteiger partial charge on any atom is -0.497 e. The summed E-state index contributed by atoms with van der Waals surface area (Å²) in [7, 11) is 1.57. The number of carbonyl (C=O) groups is 2. The smallest absolute Gasteiger partial charge is 0.300 e. The number of piperazine rings is 1. The van der Waals surface area contributed by atoms with Gasteiger partial charge in [0.05, 0.1) is 25.0 Å². The minimum absolute atomic E-state index is 0.416. The first-order valence-electron chi connectivity index (χ1n) is 9.28. The molecular weight excluding hydrogens is 378 g/mol. The van der Waals surface area contributed by atoms with E-state index in [-0.39, 0.29) is 0 Å². The Morgan fingerprint density at radius 2 is 1.64 bits per heavy atom. The number of halogens is 1. The molecule has 0 atom stereocenters. The molecular formula is C21H22ClN3O3. The summed E-state index contributed by atoms with van der Waals surface area (Å²) < 4.78 is 5.25. The van der Waals surface area contributed by atoms with Crippen molar-refractivity contribution in [3.8, 4) is 5.75 Å². The second-order valence-electron chi connectivity index (χ2n) is 7.11. The van der Waals surface area contributed by atoms with Gasteiger partial charge in [-0.25, -0.2) is 0 Å². The molecule has 6 nitrogen and oxygen atoms in total. The van der Waals surface area contributed by atoms with E-state index in [0.717, 1.165) is 37.7 Å². The largest absolute Gasteiger partial charge is 0.497 e. The molecule has 0 aromatic heterocycles. The predicted octanol–water partition coefficient (Wildman–Crippen LogP) is 2.65. The van der Waals surface area contributed by atoms with E-state index in [0.29, 0.717) is 23.7 Å². The summed E-state index contributed by atoms with van der Waals surface area (Å²) in [5, 5.41) is 0.746. The first-order chi connectivity index (χ1) is 13.5. The third-order valence-corrected chi connectivity index (χ3v) is 5.56. The van der Waals surface area contributed by atoms with E-state index in [1.165, 1.54) is 5.56 Å². The van der Waals surface area contributed by atoms with Crippen LogP contribution in [0.2, 0.25) is 5.02 Å². The average Bonchev–Trinajstić information content (AvgIpc) is 2.95. The maximum atomic E-state index is 12.5. The molecule has 0 radical (unpaired) electrons. The number of hydrogen-bond donors (Lipinski definition) is 0. The number of ketones is 1. The molecule has 4 rings (SSSR count). The number of rotatable bonds is 5. The van der Waals surface area contributed by atoms with Crippen molar-refractivity contribution >= 4 is 29.0 Å². The van der Waals surface area contributed by atoms with Crippen LogP contribution in [0.5, 0.6) is 5.75 Å². The van der Waals surface area contributed by atoms with E-state index in [4.69, 9.17) is 16.3 Å². The first-order valence-corrected chi connectivity index (χ1v) is 9.66. The van der Waals surface area contributed by atoms with Crippen LogP contribution in [0.25, 0.3) is 0 Å². The number of nitrogens with zero attached hydrogens (tertiary/aromatic N) is 3. The van der Waals surface area contributed by atoms with Gasteiger partial charge in [0.25, 0.3) is 5.78 Å². The van der Waals surface area contributed by atoms with Crippen molar-refractivity contribution in [1.29, 1.82) is 0 Å². The fourth-order valence-corrected chi connectivity index (χ4v) is 3.80. The van der Waals surface area contributed by atoms with Gasteiger partial charge in [0.15, 0.2) is 0 Å². The van der Waals surface area contributed by atoms with Crippen LogP contribution in [0.4, 0.5) is 5.69 Å². The van der Waals surface area contributed by atoms with Gasteiger partial charge in [-0.15, -0.1) is 0 Å². The summed E-state index contributed by atoms with van der Waals surface area (Å²) in [6.45, 7) is 4.79. The van der Waals surface area contributed by atoms with E-state index in [9.17, 15) is 9.59 Å². The van der Waals surface area contributed by atoms with E-state index in [1.807, 2.05) is 24.3 Å². The molecule has 28 heavy (non-hydrogen) atoms. The molecule has 146 valence electrons. The third-order valence-electron chi connectivity index (χ3n) is 5.31.